The number of aromatic nitrogens is 3. The number of carbonyl (C=O) groups excluding carboxylic acids is 1. The summed E-state index contributed by atoms with van der Waals surface area (Å²) in [4.78, 5) is 15.9. The van der Waals surface area contributed by atoms with E-state index in [2.05, 4.69) is 15.4 Å². The lowest BCUT2D eigenvalue weighted by atomic mass is 10.4. The molecule has 0 atom stereocenters. The maximum atomic E-state index is 11.8. The molecule has 1 amide bonds. The molecule has 5 nitrogen and oxygen atoms in total. The van der Waals surface area contributed by atoms with Gasteiger partial charge >= 0.3 is 0 Å². The van der Waals surface area contributed by atoms with E-state index in [0.29, 0.717) is 15.9 Å². The van der Waals surface area contributed by atoms with E-state index in [4.69, 9.17) is 11.6 Å². The van der Waals surface area contributed by atoms with E-state index in [0.717, 1.165) is 5.69 Å². The summed E-state index contributed by atoms with van der Waals surface area (Å²) in [6.45, 7) is 1.87. The number of nitrogens with zero attached hydrogens (tertiary/aromatic N) is 3. The Labute approximate surface area is 120 Å². The van der Waals surface area contributed by atoms with Gasteiger partial charge in [-0.25, -0.2) is 4.98 Å². The van der Waals surface area contributed by atoms with Crippen molar-refractivity contribution in [1.29, 1.82) is 0 Å². The summed E-state index contributed by atoms with van der Waals surface area (Å²) < 4.78 is 1.63. The number of hydrogen-bond donors (Lipinski definition) is 1. The van der Waals surface area contributed by atoms with Crippen molar-refractivity contribution in [3.63, 3.8) is 0 Å². The minimum atomic E-state index is -0.116. The molecule has 2 aromatic rings. The predicted molar refractivity (Wildman–Crippen MR) is 76.5 cm³/mol. The highest BCUT2D eigenvalue weighted by Crippen LogP contribution is 2.24. The van der Waals surface area contributed by atoms with Gasteiger partial charge in [-0.2, -0.15) is 5.10 Å². The Kier molecular flexibility index (Phi) is 4.44. The van der Waals surface area contributed by atoms with Crippen molar-refractivity contribution in [3.05, 3.63) is 35.1 Å². The molecular weight excluding hydrogens is 284 g/mol. The van der Waals surface area contributed by atoms with Crippen LogP contribution in [0.1, 0.15) is 5.69 Å². The first-order chi connectivity index (χ1) is 9.06. The number of nitrogens with one attached hydrogen (secondary N) is 1. The van der Waals surface area contributed by atoms with Crippen LogP contribution in [0.2, 0.25) is 5.02 Å². The molecule has 0 saturated carbocycles. The fraction of sp³-hybridized carbons (Fsp3) is 0.250. The monoisotopic (exact) mass is 296 g/mol. The van der Waals surface area contributed by atoms with Crippen LogP contribution in [0.5, 0.6) is 0 Å². The van der Waals surface area contributed by atoms with E-state index in [1.54, 1.807) is 30.1 Å². The number of amides is 1. The Bertz CT molecular complexity index is 599. The molecular formula is C12H13ClN4OS. The highest BCUT2D eigenvalue weighted by atomic mass is 35.5. The first-order valence-corrected chi connectivity index (χ1v) is 6.96. The Hall–Kier alpha value is -1.53. The third-order valence-electron chi connectivity index (χ3n) is 2.33. The molecule has 0 fully saturated rings. The Morgan fingerprint density at radius 1 is 1.58 bits per heavy atom. The SMILES string of the molecule is Cc1cc(NC(=O)CSc2ncccc2Cl)n(C)n1. The number of halogens is 1. The molecule has 0 aromatic carbocycles. The minimum absolute atomic E-state index is 0.116. The summed E-state index contributed by atoms with van der Waals surface area (Å²) in [6, 6.07) is 5.32. The molecule has 100 valence electrons. The standard InChI is InChI=1S/C12H13ClN4OS/c1-8-6-10(17(2)16-8)15-11(18)7-19-12-9(13)4-3-5-14-12/h3-6H,7H2,1-2H3,(H,15,18). The fourth-order valence-corrected chi connectivity index (χ4v) is 2.48. The molecule has 1 N–H and O–H groups in total. The zero-order valence-electron chi connectivity index (χ0n) is 10.6. The van der Waals surface area contributed by atoms with Gasteiger partial charge in [0.25, 0.3) is 0 Å². The molecule has 0 unspecified atom stereocenters. The van der Waals surface area contributed by atoms with Gasteiger partial charge in [-0.05, 0) is 19.1 Å². The Morgan fingerprint density at radius 3 is 3.00 bits per heavy atom. The zero-order chi connectivity index (χ0) is 13.8. The second-order valence-electron chi connectivity index (χ2n) is 3.92. The van der Waals surface area contributed by atoms with E-state index < -0.39 is 0 Å². The van der Waals surface area contributed by atoms with Crippen molar-refractivity contribution in [3.8, 4) is 0 Å². The average molecular weight is 297 g/mol. The van der Waals surface area contributed by atoms with E-state index >= 15 is 0 Å². The molecule has 0 saturated heterocycles. The molecule has 0 bridgehead atoms. The predicted octanol–water partition coefficient (Wildman–Crippen LogP) is 2.51. The first-order valence-electron chi connectivity index (χ1n) is 5.60. The summed E-state index contributed by atoms with van der Waals surface area (Å²) in [7, 11) is 1.78. The van der Waals surface area contributed by atoms with Crippen LogP contribution in [0.3, 0.4) is 0 Å². The van der Waals surface area contributed by atoms with Crippen LogP contribution in [0, 0.1) is 6.92 Å². The van der Waals surface area contributed by atoms with Crippen LogP contribution < -0.4 is 5.32 Å². The van der Waals surface area contributed by atoms with Crippen LogP contribution in [0.25, 0.3) is 0 Å². The molecule has 0 spiro atoms. The highest BCUT2D eigenvalue weighted by molar-refractivity contribution is 8.00. The van der Waals surface area contributed by atoms with Crippen LogP contribution in [-0.4, -0.2) is 26.4 Å². The number of pyridine rings is 1. The lowest BCUT2D eigenvalue weighted by Crippen LogP contribution is -2.16. The van der Waals surface area contributed by atoms with E-state index in [1.165, 1.54) is 11.8 Å². The summed E-state index contributed by atoms with van der Waals surface area (Å²) in [5, 5.41) is 8.15. The Balaban J connectivity index is 1.92. The van der Waals surface area contributed by atoms with Crippen LogP contribution in [0.15, 0.2) is 29.4 Å². The van der Waals surface area contributed by atoms with Gasteiger partial charge in [0.05, 0.1) is 16.5 Å². The molecule has 0 aliphatic rings. The summed E-state index contributed by atoms with van der Waals surface area (Å²) in [5.41, 5.74) is 0.859. The van der Waals surface area contributed by atoms with Gasteiger partial charge in [0, 0.05) is 19.3 Å². The van der Waals surface area contributed by atoms with Crippen molar-refractivity contribution < 1.29 is 4.79 Å². The number of anilines is 1. The van der Waals surface area contributed by atoms with Crippen LogP contribution in [-0.2, 0) is 11.8 Å². The van der Waals surface area contributed by atoms with Gasteiger partial charge in [0.2, 0.25) is 5.91 Å². The molecule has 2 aromatic heterocycles. The molecule has 7 heteroatoms. The highest BCUT2D eigenvalue weighted by Gasteiger charge is 2.09. The second-order valence-corrected chi connectivity index (χ2v) is 5.29. The van der Waals surface area contributed by atoms with Crippen molar-refractivity contribution in [2.75, 3.05) is 11.1 Å². The summed E-state index contributed by atoms with van der Waals surface area (Å²) in [5.74, 6) is 0.811. The molecule has 0 aliphatic heterocycles. The Morgan fingerprint density at radius 2 is 2.37 bits per heavy atom. The zero-order valence-corrected chi connectivity index (χ0v) is 12.1. The molecule has 19 heavy (non-hydrogen) atoms. The largest absolute Gasteiger partial charge is 0.310 e. The fourth-order valence-electron chi connectivity index (χ4n) is 1.52. The number of aryl methyl sites for hydroxylation is 2. The maximum absolute atomic E-state index is 11.8. The summed E-state index contributed by atoms with van der Waals surface area (Å²) in [6.07, 6.45) is 1.65. The number of rotatable bonds is 4. The lowest BCUT2D eigenvalue weighted by molar-refractivity contribution is -0.113. The van der Waals surface area contributed by atoms with E-state index in [-0.39, 0.29) is 11.7 Å². The molecule has 2 heterocycles. The second kappa shape index (κ2) is 6.08. The van der Waals surface area contributed by atoms with Crippen molar-refractivity contribution in [2.45, 2.75) is 11.9 Å². The van der Waals surface area contributed by atoms with E-state index in [1.807, 2.05) is 13.0 Å². The molecule has 0 aliphatic carbocycles. The van der Waals surface area contributed by atoms with Crippen molar-refractivity contribution in [1.82, 2.24) is 14.8 Å². The van der Waals surface area contributed by atoms with Gasteiger partial charge in [-0.3, -0.25) is 9.48 Å². The third kappa shape index (κ3) is 3.71. The van der Waals surface area contributed by atoms with Gasteiger partial charge in [0.15, 0.2) is 0 Å². The maximum Gasteiger partial charge on any atom is 0.235 e. The van der Waals surface area contributed by atoms with Gasteiger partial charge in [-0.15, -0.1) is 0 Å². The number of carbonyl (C=O) groups is 1. The average Bonchev–Trinajstić information content (AvgIpc) is 2.67. The quantitative estimate of drug-likeness (QED) is 0.881. The van der Waals surface area contributed by atoms with Gasteiger partial charge < -0.3 is 5.32 Å². The van der Waals surface area contributed by atoms with E-state index in [9.17, 15) is 4.79 Å². The molecule has 0 radical (unpaired) electrons. The van der Waals surface area contributed by atoms with Crippen LogP contribution in [0.4, 0.5) is 5.82 Å². The minimum Gasteiger partial charge on any atom is -0.310 e. The normalized spacial score (nSPS) is 10.5. The number of hydrogen-bond acceptors (Lipinski definition) is 4. The first kappa shape index (κ1) is 13.9. The number of thioether (sulfide) groups is 1. The third-order valence-corrected chi connectivity index (χ3v) is 3.76. The summed E-state index contributed by atoms with van der Waals surface area (Å²) >= 11 is 7.27. The van der Waals surface area contributed by atoms with Gasteiger partial charge in [0.1, 0.15) is 10.8 Å². The van der Waals surface area contributed by atoms with Crippen molar-refractivity contribution in [2.24, 2.45) is 7.05 Å². The van der Waals surface area contributed by atoms with Crippen LogP contribution >= 0.6 is 23.4 Å². The van der Waals surface area contributed by atoms with Crippen molar-refractivity contribution >= 4 is 35.1 Å². The topological polar surface area (TPSA) is 59.8 Å². The molecule has 2 rings (SSSR count). The lowest BCUT2D eigenvalue weighted by Gasteiger charge is -2.05. The smallest absolute Gasteiger partial charge is 0.235 e. The van der Waals surface area contributed by atoms with Gasteiger partial charge in [-0.1, -0.05) is 23.4 Å².